The van der Waals surface area contributed by atoms with Crippen molar-refractivity contribution in [2.45, 2.75) is 37.0 Å². The lowest BCUT2D eigenvalue weighted by Crippen LogP contribution is -2.35. The molecule has 0 spiro atoms. The molecule has 0 aliphatic carbocycles. The van der Waals surface area contributed by atoms with Gasteiger partial charge in [0.15, 0.2) is 0 Å². The summed E-state index contributed by atoms with van der Waals surface area (Å²) >= 11 is 1.85. The molecule has 2 aromatic carbocycles. The SMILES string of the molecule is Cc1nc2ccccc2n1CC(=O)N1CC[C@@H](C)Sc2ccccc21. The smallest absolute Gasteiger partial charge is 0.247 e. The number of hydrogen-bond acceptors (Lipinski definition) is 3. The predicted molar refractivity (Wildman–Crippen MR) is 103 cm³/mol. The van der Waals surface area contributed by atoms with Crippen LogP contribution >= 0.6 is 11.8 Å². The van der Waals surface area contributed by atoms with Crippen molar-refractivity contribution in [2.24, 2.45) is 0 Å². The molecule has 4 nitrogen and oxygen atoms in total. The Balaban J connectivity index is 1.68. The van der Waals surface area contributed by atoms with Gasteiger partial charge in [0.25, 0.3) is 0 Å². The Kier molecular flexibility index (Phi) is 4.25. The van der Waals surface area contributed by atoms with Crippen LogP contribution in [-0.2, 0) is 11.3 Å². The fourth-order valence-electron chi connectivity index (χ4n) is 3.36. The van der Waals surface area contributed by atoms with E-state index in [1.807, 2.05) is 64.6 Å². The Hall–Kier alpha value is -2.27. The summed E-state index contributed by atoms with van der Waals surface area (Å²) in [6.45, 7) is 5.26. The molecule has 1 aliphatic rings. The maximum Gasteiger partial charge on any atom is 0.247 e. The monoisotopic (exact) mass is 351 g/mol. The van der Waals surface area contributed by atoms with Crippen LogP contribution < -0.4 is 4.90 Å². The summed E-state index contributed by atoms with van der Waals surface area (Å²) in [7, 11) is 0. The number of aromatic nitrogens is 2. The van der Waals surface area contributed by atoms with Gasteiger partial charge in [-0.2, -0.15) is 0 Å². The van der Waals surface area contributed by atoms with E-state index in [4.69, 9.17) is 0 Å². The zero-order valence-electron chi connectivity index (χ0n) is 14.5. The molecular formula is C20H21N3OS. The summed E-state index contributed by atoms with van der Waals surface area (Å²) in [5, 5.41) is 0.509. The van der Waals surface area contributed by atoms with Crippen molar-refractivity contribution in [3.05, 3.63) is 54.4 Å². The number of hydrogen-bond donors (Lipinski definition) is 0. The molecule has 1 atom stereocenters. The summed E-state index contributed by atoms with van der Waals surface area (Å²) in [4.78, 5) is 20.9. The van der Waals surface area contributed by atoms with Gasteiger partial charge in [-0.05, 0) is 37.6 Å². The molecule has 0 N–H and O–H groups in total. The van der Waals surface area contributed by atoms with E-state index < -0.39 is 0 Å². The zero-order valence-corrected chi connectivity index (χ0v) is 15.3. The molecule has 1 amide bonds. The number of anilines is 1. The quantitative estimate of drug-likeness (QED) is 0.692. The number of carbonyl (C=O) groups excluding carboxylic acids is 1. The first-order valence-electron chi connectivity index (χ1n) is 8.61. The van der Waals surface area contributed by atoms with E-state index >= 15 is 0 Å². The standard InChI is InChI=1S/C20H21N3OS/c1-14-11-12-22(18-9-5-6-10-19(18)25-14)20(24)13-23-15(2)21-16-7-3-4-8-17(16)23/h3-10,14H,11-13H2,1-2H3/t14-/m1/s1. The Labute approximate surface area is 151 Å². The van der Waals surface area contributed by atoms with Crippen LogP contribution in [0.1, 0.15) is 19.2 Å². The Morgan fingerprint density at radius 3 is 2.84 bits per heavy atom. The van der Waals surface area contributed by atoms with E-state index in [9.17, 15) is 4.79 Å². The van der Waals surface area contributed by atoms with Crippen LogP contribution in [0.3, 0.4) is 0 Å². The zero-order chi connectivity index (χ0) is 17.4. The molecule has 2 heterocycles. The number of aryl methyl sites for hydroxylation is 1. The molecule has 0 saturated carbocycles. The third-order valence-electron chi connectivity index (χ3n) is 4.68. The molecular weight excluding hydrogens is 330 g/mol. The summed E-state index contributed by atoms with van der Waals surface area (Å²) in [5.41, 5.74) is 2.98. The third-order valence-corrected chi connectivity index (χ3v) is 5.92. The van der Waals surface area contributed by atoms with Crippen LogP contribution in [0.25, 0.3) is 11.0 Å². The maximum atomic E-state index is 13.2. The normalized spacial score (nSPS) is 17.4. The Bertz CT molecular complexity index is 934. The van der Waals surface area contributed by atoms with Crippen molar-refractivity contribution in [3.8, 4) is 0 Å². The third kappa shape index (κ3) is 3.04. The van der Waals surface area contributed by atoms with Crippen molar-refractivity contribution < 1.29 is 4.79 Å². The molecule has 5 heteroatoms. The van der Waals surface area contributed by atoms with Gasteiger partial charge in [-0.15, -0.1) is 11.8 Å². The van der Waals surface area contributed by atoms with Crippen LogP contribution in [-0.4, -0.2) is 27.3 Å². The summed E-state index contributed by atoms with van der Waals surface area (Å²) in [6, 6.07) is 16.2. The fourth-order valence-corrected chi connectivity index (χ4v) is 4.47. The van der Waals surface area contributed by atoms with Crippen LogP contribution in [0.4, 0.5) is 5.69 Å². The molecule has 0 bridgehead atoms. The second kappa shape index (κ2) is 6.56. The summed E-state index contributed by atoms with van der Waals surface area (Å²) in [5.74, 6) is 0.994. The van der Waals surface area contributed by atoms with Crippen molar-refractivity contribution in [1.29, 1.82) is 0 Å². The number of para-hydroxylation sites is 3. The number of nitrogens with zero attached hydrogens (tertiary/aromatic N) is 3. The molecule has 128 valence electrons. The van der Waals surface area contributed by atoms with Gasteiger partial charge in [-0.25, -0.2) is 4.98 Å². The molecule has 0 fully saturated rings. The molecule has 1 aliphatic heterocycles. The molecule has 0 unspecified atom stereocenters. The molecule has 0 radical (unpaired) electrons. The number of imidazole rings is 1. The van der Waals surface area contributed by atoms with E-state index in [2.05, 4.69) is 24.0 Å². The van der Waals surface area contributed by atoms with Gasteiger partial charge in [0, 0.05) is 16.7 Å². The highest BCUT2D eigenvalue weighted by Gasteiger charge is 2.24. The van der Waals surface area contributed by atoms with Gasteiger partial charge in [0.2, 0.25) is 5.91 Å². The van der Waals surface area contributed by atoms with E-state index in [0.717, 1.165) is 35.5 Å². The van der Waals surface area contributed by atoms with Gasteiger partial charge in [-0.1, -0.05) is 31.2 Å². The number of carbonyl (C=O) groups is 1. The van der Waals surface area contributed by atoms with E-state index in [1.54, 1.807) is 0 Å². The average molecular weight is 351 g/mol. The number of amides is 1. The minimum Gasteiger partial charge on any atom is -0.319 e. The first kappa shape index (κ1) is 16.2. The minimum absolute atomic E-state index is 0.119. The van der Waals surface area contributed by atoms with Crippen molar-refractivity contribution in [2.75, 3.05) is 11.4 Å². The van der Waals surface area contributed by atoms with Crippen LogP contribution in [0, 0.1) is 6.92 Å². The van der Waals surface area contributed by atoms with Crippen molar-refractivity contribution in [1.82, 2.24) is 9.55 Å². The Morgan fingerprint density at radius 1 is 1.20 bits per heavy atom. The lowest BCUT2D eigenvalue weighted by molar-refractivity contribution is -0.119. The summed E-state index contributed by atoms with van der Waals surface area (Å²) in [6.07, 6.45) is 0.995. The second-order valence-electron chi connectivity index (χ2n) is 6.46. The maximum absolute atomic E-state index is 13.2. The average Bonchev–Trinajstić information content (AvgIpc) is 2.81. The summed E-state index contributed by atoms with van der Waals surface area (Å²) < 4.78 is 2.02. The first-order valence-corrected chi connectivity index (χ1v) is 9.49. The van der Waals surface area contributed by atoms with Crippen LogP contribution in [0.2, 0.25) is 0 Å². The molecule has 25 heavy (non-hydrogen) atoms. The number of thioether (sulfide) groups is 1. The molecule has 4 rings (SSSR count). The van der Waals surface area contributed by atoms with Gasteiger partial charge in [0.1, 0.15) is 12.4 Å². The first-order chi connectivity index (χ1) is 12.1. The second-order valence-corrected chi connectivity index (χ2v) is 7.94. The molecule has 1 aromatic heterocycles. The van der Waals surface area contributed by atoms with Crippen molar-refractivity contribution in [3.63, 3.8) is 0 Å². The largest absolute Gasteiger partial charge is 0.319 e. The lowest BCUT2D eigenvalue weighted by Gasteiger charge is -2.23. The van der Waals surface area contributed by atoms with Gasteiger partial charge in [-0.3, -0.25) is 4.79 Å². The van der Waals surface area contributed by atoms with Gasteiger partial charge >= 0.3 is 0 Å². The van der Waals surface area contributed by atoms with Gasteiger partial charge in [0.05, 0.1) is 16.7 Å². The van der Waals surface area contributed by atoms with Gasteiger partial charge < -0.3 is 9.47 Å². The van der Waals surface area contributed by atoms with E-state index in [0.29, 0.717) is 11.8 Å². The number of benzene rings is 2. The number of fused-ring (bicyclic) bond motifs is 2. The molecule has 3 aromatic rings. The van der Waals surface area contributed by atoms with E-state index in [-0.39, 0.29) is 5.91 Å². The fraction of sp³-hybridized carbons (Fsp3) is 0.300. The van der Waals surface area contributed by atoms with Crippen LogP contribution in [0.5, 0.6) is 0 Å². The minimum atomic E-state index is 0.119. The highest BCUT2D eigenvalue weighted by molar-refractivity contribution is 8.00. The highest BCUT2D eigenvalue weighted by atomic mass is 32.2. The molecule has 0 saturated heterocycles. The topological polar surface area (TPSA) is 38.1 Å². The highest BCUT2D eigenvalue weighted by Crippen LogP contribution is 2.37. The van der Waals surface area contributed by atoms with E-state index in [1.165, 1.54) is 4.90 Å². The Morgan fingerprint density at radius 2 is 1.96 bits per heavy atom. The van der Waals surface area contributed by atoms with Crippen molar-refractivity contribution >= 4 is 34.4 Å². The van der Waals surface area contributed by atoms with Crippen LogP contribution in [0.15, 0.2) is 53.4 Å². The predicted octanol–water partition coefficient (Wildman–Crippen LogP) is 4.26. The number of rotatable bonds is 2. The lowest BCUT2D eigenvalue weighted by atomic mass is 10.2.